The fraction of sp³-hybridized carbons (Fsp3) is 0.917. The lowest BCUT2D eigenvalue weighted by Gasteiger charge is -2.36. The Balaban J connectivity index is 2.00. The zero-order valence-corrected chi connectivity index (χ0v) is 10.3. The standard InChI is InChI=1S/C12H21NO4/c1-2-10(11(15)16)13-5-4-12(8-13)7-9(14)3-6-17-12/h9-10,14H,2-8H2,1H3,(H,15,16)/t9-,10+,12-/m0/s1. The zero-order chi connectivity index (χ0) is 12.5. The van der Waals surface area contributed by atoms with Gasteiger partial charge in [-0.25, -0.2) is 0 Å². The zero-order valence-electron chi connectivity index (χ0n) is 10.3. The summed E-state index contributed by atoms with van der Waals surface area (Å²) in [7, 11) is 0. The van der Waals surface area contributed by atoms with Crippen molar-refractivity contribution >= 4 is 5.97 Å². The van der Waals surface area contributed by atoms with E-state index in [0.29, 0.717) is 32.4 Å². The molecule has 2 heterocycles. The summed E-state index contributed by atoms with van der Waals surface area (Å²) >= 11 is 0. The lowest BCUT2D eigenvalue weighted by molar-refractivity contribution is -0.144. The SMILES string of the molecule is CC[C@H](C(=O)O)N1CC[C@]2(C[C@@H](O)CCO2)C1. The summed E-state index contributed by atoms with van der Waals surface area (Å²) in [6.07, 6.45) is 2.47. The van der Waals surface area contributed by atoms with E-state index in [0.717, 1.165) is 13.0 Å². The molecule has 2 N–H and O–H groups in total. The third-order valence-corrected chi connectivity index (χ3v) is 3.93. The van der Waals surface area contributed by atoms with Gasteiger partial charge in [0.2, 0.25) is 0 Å². The number of hydrogen-bond acceptors (Lipinski definition) is 4. The van der Waals surface area contributed by atoms with Crippen LogP contribution in [0, 0.1) is 0 Å². The van der Waals surface area contributed by atoms with Crippen molar-refractivity contribution < 1.29 is 19.7 Å². The fourth-order valence-corrected chi connectivity index (χ4v) is 3.02. The Kier molecular flexibility index (Phi) is 3.70. The molecule has 2 fully saturated rings. The highest BCUT2D eigenvalue weighted by Gasteiger charge is 2.45. The Bertz CT molecular complexity index is 296. The molecule has 0 amide bonds. The predicted octanol–water partition coefficient (Wildman–Crippen LogP) is 0.465. The van der Waals surface area contributed by atoms with E-state index in [1.807, 2.05) is 11.8 Å². The van der Waals surface area contributed by atoms with Gasteiger partial charge in [-0.15, -0.1) is 0 Å². The van der Waals surface area contributed by atoms with Gasteiger partial charge in [0.1, 0.15) is 6.04 Å². The van der Waals surface area contributed by atoms with Gasteiger partial charge < -0.3 is 14.9 Å². The Morgan fingerprint density at radius 1 is 1.65 bits per heavy atom. The van der Waals surface area contributed by atoms with E-state index in [1.54, 1.807) is 0 Å². The largest absolute Gasteiger partial charge is 0.480 e. The van der Waals surface area contributed by atoms with Gasteiger partial charge in [-0.05, 0) is 19.3 Å². The van der Waals surface area contributed by atoms with Crippen LogP contribution < -0.4 is 0 Å². The van der Waals surface area contributed by atoms with Crippen LogP contribution in [0.25, 0.3) is 0 Å². The van der Waals surface area contributed by atoms with E-state index in [2.05, 4.69) is 0 Å². The lowest BCUT2D eigenvalue weighted by Crippen LogP contribution is -2.47. The Morgan fingerprint density at radius 3 is 3.00 bits per heavy atom. The second-order valence-corrected chi connectivity index (χ2v) is 5.16. The fourth-order valence-electron chi connectivity index (χ4n) is 3.02. The summed E-state index contributed by atoms with van der Waals surface area (Å²) < 4.78 is 5.81. The van der Waals surface area contributed by atoms with Crippen molar-refractivity contribution in [3.63, 3.8) is 0 Å². The van der Waals surface area contributed by atoms with Crippen molar-refractivity contribution in [1.29, 1.82) is 0 Å². The van der Waals surface area contributed by atoms with E-state index in [-0.39, 0.29) is 11.7 Å². The molecule has 0 bridgehead atoms. The van der Waals surface area contributed by atoms with E-state index < -0.39 is 12.0 Å². The van der Waals surface area contributed by atoms with Crippen molar-refractivity contribution in [3.05, 3.63) is 0 Å². The topological polar surface area (TPSA) is 70.0 Å². The van der Waals surface area contributed by atoms with Gasteiger partial charge in [-0.3, -0.25) is 9.69 Å². The maximum Gasteiger partial charge on any atom is 0.320 e. The van der Waals surface area contributed by atoms with Gasteiger partial charge in [0.05, 0.1) is 11.7 Å². The molecule has 1 spiro atoms. The first-order valence-corrected chi connectivity index (χ1v) is 6.35. The van der Waals surface area contributed by atoms with Gasteiger partial charge in [0.15, 0.2) is 0 Å². The van der Waals surface area contributed by atoms with Gasteiger partial charge >= 0.3 is 5.97 Å². The number of carboxylic acid groups (broad SMARTS) is 1. The first kappa shape index (κ1) is 12.8. The van der Waals surface area contributed by atoms with Gasteiger partial charge in [-0.1, -0.05) is 6.92 Å². The molecule has 0 aromatic rings. The highest BCUT2D eigenvalue weighted by molar-refractivity contribution is 5.73. The van der Waals surface area contributed by atoms with Crippen molar-refractivity contribution in [2.75, 3.05) is 19.7 Å². The third kappa shape index (κ3) is 2.61. The van der Waals surface area contributed by atoms with Crippen LogP contribution in [-0.4, -0.2) is 58.5 Å². The Labute approximate surface area is 101 Å². The van der Waals surface area contributed by atoms with Crippen LogP contribution in [0.4, 0.5) is 0 Å². The van der Waals surface area contributed by atoms with Gasteiger partial charge in [0.25, 0.3) is 0 Å². The molecule has 3 atom stereocenters. The molecule has 2 aliphatic heterocycles. The summed E-state index contributed by atoms with van der Waals surface area (Å²) in [5.41, 5.74) is -0.305. The smallest absolute Gasteiger partial charge is 0.320 e. The average molecular weight is 243 g/mol. The van der Waals surface area contributed by atoms with Crippen LogP contribution in [0.15, 0.2) is 0 Å². The minimum absolute atomic E-state index is 0.298. The van der Waals surface area contributed by atoms with Gasteiger partial charge in [0, 0.05) is 26.1 Å². The van der Waals surface area contributed by atoms with E-state index in [9.17, 15) is 9.90 Å². The second kappa shape index (κ2) is 4.92. The molecule has 0 saturated carbocycles. The van der Waals surface area contributed by atoms with Crippen molar-refractivity contribution in [2.24, 2.45) is 0 Å². The number of carbonyl (C=O) groups is 1. The molecule has 2 rings (SSSR count). The molecule has 2 aliphatic rings. The van der Waals surface area contributed by atoms with Crippen LogP contribution in [0.3, 0.4) is 0 Å². The van der Waals surface area contributed by atoms with E-state index >= 15 is 0 Å². The van der Waals surface area contributed by atoms with Crippen LogP contribution in [-0.2, 0) is 9.53 Å². The first-order chi connectivity index (χ1) is 8.06. The first-order valence-electron chi connectivity index (χ1n) is 6.35. The van der Waals surface area contributed by atoms with E-state index in [4.69, 9.17) is 9.84 Å². The molecular formula is C12H21NO4. The van der Waals surface area contributed by atoms with Crippen molar-refractivity contribution in [2.45, 2.75) is 50.4 Å². The molecular weight excluding hydrogens is 222 g/mol. The third-order valence-electron chi connectivity index (χ3n) is 3.93. The minimum atomic E-state index is -0.763. The normalized spacial score (nSPS) is 36.2. The quantitative estimate of drug-likeness (QED) is 0.754. The molecule has 5 nitrogen and oxygen atoms in total. The molecule has 0 unspecified atom stereocenters. The Morgan fingerprint density at radius 2 is 2.41 bits per heavy atom. The maximum absolute atomic E-state index is 11.1. The number of carboxylic acids is 1. The van der Waals surface area contributed by atoms with Crippen LogP contribution in [0.2, 0.25) is 0 Å². The number of hydrogen-bond donors (Lipinski definition) is 2. The maximum atomic E-state index is 11.1. The number of aliphatic carboxylic acids is 1. The number of nitrogens with zero attached hydrogens (tertiary/aromatic N) is 1. The summed E-state index contributed by atoms with van der Waals surface area (Å²) in [6.45, 7) is 3.85. The molecule has 17 heavy (non-hydrogen) atoms. The van der Waals surface area contributed by atoms with Crippen molar-refractivity contribution in [1.82, 2.24) is 4.90 Å². The summed E-state index contributed by atoms with van der Waals surface area (Å²) in [6, 6.07) is -0.419. The molecule has 2 saturated heterocycles. The van der Waals surface area contributed by atoms with Crippen LogP contribution in [0.1, 0.15) is 32.6 Å². The number of ether oxygens (including phenoxy) is 1. The van der Waals surface area contributed by atoms with Gasteiger partial charge in [-0.2, -0.15) is 0 Å². The molecule has 0 radical (unpaired) electrons. The molecule has 5 heteroatoms. The average Bonchev–Trinajstić information content (AvgIpc) is 2.62. The Hall–Kier alpha value is -0.650. The number of likely N-dealkylation sites (tertiary alicyclic amines) is 1. The monoisotopic (exact) mass is 243 g/mol. The second-order valence-electron chi connectivity index (χ2n) is 5.16. The lowest BCUT2D eigenvalue weighted by atomic mass is 9.91. The van der Waals surface area contributed by atoms with Crippen LogP contribution in [0.5, 0.6) is 0 Å². The molecule has 0 aliphatic carbocycles. The molecule has 98 valence electrons. The summed E-state index contributed by atoms with van der Waals surface area (Å²) in [5, 5.41) is 18.9. The summed E-state index contributed by atoms with van der Waals surface area (Å²) in [5.74, 6) is -0.763. The summed E-state index contributed by atoms with van der Waals surface area (Å²) in [4.78, 5) is 13.1. The highest BCUT2D eigenvalue weighted by atomic mass is 16.5. The molecule has 0 aromatic heterocycles. The van der Waals surface area contributed by atoms with E-state index in [1.165, 1.54) is 0 Å². The molecule has 0 aromatic carbocycles. The predicted molar refractivity (Wildman–Crippen MR) is 61.8 cm³/mol. The number of aliphatic hydroxyl groups is 1. The number of aliphatic hydroxyl groups excluding tert-OH is 1. The van der Waals surface area contributed by atoms with Crippen molar-refractivity contribution in [3.8, 4) is 0 Å². The highest BCUT2D eigenvalue weighted by Crippen LogP contribution is 2.35. The minimum Gasteiger partial charge on any atom is -0.480 e. The van der Waals surface area contributed by atoms with Crippen LogP contribution >= 0.6 is 0 Å². The number of rotatable bonds is 3.